The summed E-state index contributed by atoms with van der Waals surface area (Å²) in [7, 11) is -3.36. The van der Waals surface area contributed by atoms with Gasteiger partial charge in [-0.2, -0.15) is 0 Å². The van der Waals surface area contributed by atoms with Crippen molar-refractivity contribution in [1.29, 1.82) is 0 Å². The lowest BCUT2D eigenvalue weighted by atomic mass is 10.2. The van der Waals surface area contributed by atoms with Crippen molar-refractivity contribution in [3.63, 3.8) is 0 Å². The third kappa shape index (κ3) is 4.04. The molecule has 25 heavy (non-hydrogen) atoms. The third-order valence-electron chi connectivity index (χ3n) is 3.26. The number of nitrogens with zero attached hydrogens (tertiary/aromatic N) is 2. The highest BCUT2D eigenvalue weighted by Crippen LogP contribution is 2.23. The maximum absolute atomic E-state index is 12.1. The van der Waals surface area contributed by atoms with Crippen LogP contribution in [0.15, 0.2) is 57.8 Å². The Bertz CT molecular complexity index is 1030. The first-order valence-electron chi connectivity index (χ1n) is 7.04. The smallest absolute Gasteiger partial charge is 0.322 e. The number of rotatable bonds is 4. The number of carbonyl (C=O) groups is 1. The molecule has 0 spiro atoms. The van der Waals surface area contributed by atoms with Gasteiger partial charge in [-0.25, -0.2) is 8.42 Å². The number of amides is 1. The maximum atomic E-state index is 12.1. The second-order valence-corrected chi connectivity index (χ2v) is 7.63. The molecule has 0 radical (unpaired) electrons. The fourth-order valence-electron chi connectivity index (χ4n) is 2.02. The van der Waals surface area contributed by atoms with Crippen LogP contribution < -0.4 is 5.32 Å². The van der Waals surface area contributed by atoms with Crippen molar-refractivity contribution in [2.45, 2.75) is 4.90 Å². The van der Waals surface area contributed by atoms with Crippen LogP contribution in [0.25, 0.3) is 11.5 Å². The maximum Gasteiger partial charge on any atom is 0.322 e. The molecule has 7 nitrogen and oxygen atoms in total. The van der Waals surface area contributed by atoms with Crippen LogP contribution in [0.4, 0.5) is 6.01 Å². The van der Waals surface area contributed by atoms with Crippen LogP contribution >= 0.6 is 11.6 Å². The van der Waals surface area contributed by atoms with Crippen LogP contribution in [0.3, 0.4) is 0 Å². The van der Waals surface area contributed by atoms with Crippen LogP contribution in [0.5, 0.6) is 0 Å². The summed E-state index contributed by atoms with van der Waals surface area (Å²) in [6.07, 6.45) is 1.11. The fraction of sp³-hybridized carbons (Fsp3) is 0.0625. The van der Waals surface area contributed by atoms with Gasteiger partial charge >= 0.3 is 6.01 Å². The second-order valence-electron chi connectivity index (χ2n) is 5.17. The first-order chi connectivity index (χ1) is 11.8. The van der Waals surface area contributed by atoms with Crippen LogP contribution in [0.1, 0.15) is 10.4 Å². The molecule has 0 fully saturated rings. The van der Waals surface area contributed by atoms with E-state index in [-0.39, 0.29) is 16.8 Å². The highest BCUT2D eigenvalue weighted by Gasteiger charge is 2.15. The Labute approximate surface area is 148 Å². The van der Waals surface area contributed by atoms with Crippen molar-refractivity contribution < 1.29 is 17.6 Å². The van der Waals surface area contributed by atoms with Crippen LogP contribution in [0.2, 0.25) is 5.02 Å². The molecule has 3 aromatic rings. The molecule has 3 rings (SSSR count). The van der Waals surface area contributed by atoms with Gasteiger partial charge < -0.3 is 4.42 Å². The zero-order valence-electron chi connectivity index (χ0n) is 12.9. The minimum absolute atomic E-state index is 0.0944. The van der Waals surface area contributed by atoms with Crippen molar-refractivity contribution in [3.8, 4) is 11.5 Å². The van der Waals surface area contributed by atoms with E-state index in [1.165, 1.54) is 12.1 Å². The Morgan fingerprint density at radius 3 is 2.52 bits per heavy atom. The van der Waals surface area contributed by atoms with E-state index in [2.05, 4.69) is 15.5 Å². The molecule has 2 aromatic carbocycles. The molecule has 0 saturated heterocycles. The Morgan fingerprint density at radius 2 is 1.84 bits per heavy atom. The molecule has 0 unspecified atom stereocenters. The number of aromatic nitrogens is 2. The van der Waals surface area contributed by atoms with Crippen molar-refractivity contribution in [3.05, 3.63) is 59.1 Å². The minimum Gasteiger partial charge on any atom is -0.403 e. The molecule has 1 aromatic heterocycles. The van der Waals surface area contributed by atoms with Gasteiger partial charge in [0.1, 0.15) is 0 Å². The number of benzene rings is 2. The monoisotopic (exact) mass is 377 g/mol. The summed E-state index contributed by atoms with van der Waals surface area (Å²) < 4.78 is 28.6. The molecule has 0 bridgehead atoms. The topological polar surface area (TPSA) is 102 Å². The van der Waals surface area contributed by atoms with Gasteiger partial charge in [-0.05, 0) is 42.5 Å². The summed E-state index contributed by atoms with van der Waals surface area (Å²) in [6.45, 7) is 0. The number of sulfone groups is 1. The lowest BCUT2D eigenvalue weighted by Crippen LogP contribution is -2.11. The van der Waals surface area contributed by atoms with Gasteiger partial charge in [-0.3, -0.25) is 10.1 Å². The molecule has 1 amide bonds. The summed E-state index contributed by atoms with van der Waals surface area (Å²) in [6, 6.07) is 12.3. The van der Waals surface area contributed by atoms with Crippen molar-refractivity contribution in [1.82, 2.24) is 10.2 Å². The van der Waals surface area contributed by atoms with E-state index in [0.29, 0.717) is 16.1 Å². The predicted molar refractivity (Wildman–Crippen MR) is 92.2 cm³/mol. The van der Waals surface area contributed by atoms with Gasteiger partial charge in [-0.1, -0.05) is 22.8 Å². The predicted octanol–water partition coefficient (Wildman–Crippen LogP) is 3.05. The molecule has 0 aliphatic heterocycles. The van der Waals surface area contributed by atoms with E-state index < -0.39 is 15.7 Å². The number of hydrogen-bond acceptors (Lipinski definition) is 6. The first kappa shape index (κ1) is 17.1. The van der Waals surface area contributed by atoms with Gasteiger partial charge in [0.2, 0.25) is 5.89 Å². The van der Waals surface area contributed by atoms with E-state index in [4.69, 9.17) is 16.0 Å². The number of carbonyl (C=O) groups excluding carboxylic acids is 1. The minimum atomic E-state index is -3.36. The van der Waals surface area contributed by atoms with Crippen LogP contribution in [-0.2, 0) is 9.84 Å². The second kappa shape index (κ2) is 6.66. The Morgan fingerprint density at radius 1 is 1.12 bits per heavy atom. The zero-order chi connectivity index (χ0) is 18.0. The number of halogens is 1. The third-order valence-corrected chi connectivity index (χ3v) is 4.62. The lowest BCUT2D eigenvalue weighted by molar-refractivity contribution is 0.102. The summed E-state index contributed by atoms with van der Waals surface area (Å²) in [5.41, 5.74) is 0.811. The highest BCUT2D eigenvalue weighted by molar-refractivity contribution is 7.90. The van der Waals surface area contributed by atoms with E-state index in [9.17, 15) is 13.2 Å². The normalized spacial score (nSPS) is 11.3. The van der Waals surface area contributed by atoms with E-state index in [1.807, 2.05) is 0 Å². The Balaban J connectivity index is 1.81. The molecule has 0 aliphatic rings. The first-order valence-corrected chi connectivity index (χ1v) is 9.31. The van der Waals surface area contributed by atoms with Gasteiger partial charge in [-0.15, -0.1) is 5.10 Å². The molecule has 0 saturated carbocycles. The van der Waals surface area contributed by atoms with Crippen LogP contribution in [0, 0.1) is 0 Å². The molecule has 9 heteroatoms. The van der Waals surface area contributed by atoms with E-state index >= 15 is 0 Å². The lowest BCUT2D eigenvalue weighted by Gasteiger charge is -2.01. The highest BCUT2D eigenvalue weighted by atomic mass is 35.5. The molecule has 1 heterocycles. The van der Waals surface area contributed by atoms with Gasteiger partial charge in [0.05, 0.1) is 4.90 Å². The Kier molecular flexibility index (Phi) is 4.56. The molecule has 128 valence electrons. The molecular weight excluding hydrogens is 366 g/mol. The molecule has 1 N–H and O–H groups in total. The summed E-state index contributed by atoms with van der Waals surface area (Å²) >= 11 is 5.78. The van der Waals surface area contributed by atoms with Crippen LogP contribution in [-0.4, -0.2) is 30.8 Å². The van der Waals surface area contributed by atoms with Crippen molar-refractivity contribution >= 4 is 33.4 Å². The fourth-order valence-corrected chi connectivity index (χ4v) is 2.81. The van der Waals surface area contributed by atoms with Crippen molar-refractivity contribution in [2.75, 3.05) is 11.6 Å². The van der Waals surface area contributed by atoms with Gasteiger partial charge in [0.15, 0.2) is 9.84 Å². The average Bonchev–Trinajstić information content (AvgIpc) is 3.03. The zero-order valence-corrected chi connectivity index (χ0v) is 14.5. The summed E-state index contributed by atoms with van der Waals surface area (Å²) in [5, 5.41) is 10.6. The molecular formula is C16H12ClN3O4S. The number of hydrogen-bond donors (Lipinski definition) is 1. The van der Waals surface area contributed by atoms with Crippen molar-refractivity contribution in [2.24, 2.45) is 0 Å². The van der Waals surface area contributed by atoms with Gasteiger partial charge in [0, 0.05) is 22.4 Å². The SMILES string of the molecule is CS(=O)(=O)c1cccc(-c2nnc(NC(=O)c3ccc(Cl)cc3)o2)c1. The Hall–Kier alpha value is -2.71. The summed E-state index contributed by atoms with van der Waals surface area (Å²) in [4.78, 5) is 12.2. The summed E-state index contributed by atoms with van der Waals surface area (Å²) in [5.74, 6) is -0.339. The molecule has 0 aliphatic carbocycles. The standard InChI is InChI=1S/C16H12ClN3O4S/c1-25(22,23)13-4-2-3-11(9-13)15-19-20-16(24-15)18-14(21)10-5-7-12(17)8-6-10/h2-9H,1H3,(H,18,20,21). The average molecular weight is 378 g/mol. The number of anilines is 1. The number of nitrogens with one attached hydrogen (secondary N) is 1. The van der Waals surface area contributed by atoms with E-state index in [1.54, 1.807) is 36.4 Å². The van der Waals surface area contributed by atoms with Gasteiger partial charge in [0.25, 0.3) is 5.91 Å². The quantitative estimate of drug-likeness (QED) is 0.749. The molecule has 0 atom stereocenters. The largest absolute Gasteiger partial charge is 0.403 e. The van der Waals surface area contributed by atoms with E-state index in [0.717, 1.165) is 6.26 Å².